The summed E-state index contributed by atoms with van der Waals surface area (Å²) in [5, 5.41) is 0. The second kappa shape index (κ2) is 14.7. The van der Waals surface area contributed by atoms with Crippen LogP contribution in [0.5, 0.6) is 11.5 Å². The Balaban J connectivity index is 1.57. The summed E-state index contributed by atoms with van der Waals surface area (Å²) in [5.74, 6) is 2.17. The molecule has 2 aliphatic rings. The number of amides is 1. The Morgan fingerprint density at radius 2 is 1.62 bits per heavy atom. The molecule has 1 atom stereocenters. The number of carbonyl (C=O) groups excluding carboxylic acids is 1. The minimum atomic E-state index is -0.0150. The normalized spacial score (nSPS) is 18.9. The fourth-order valence-electron chi connectivity index (χ4n) is 6.22. The molecule has 5 nitrogen and oxygen atoms in total. The first-order chi connectivity index (χ1) is 19.3. The van der Waals surface area contributed by atoms with E-state index in [1.54, 1.807) is 0 Å². The lowest BCUT2D eigenvalue weighted by Gasteiger charge is -2.34. The quantitative estimate of drug-likeness (QED) is 0.272. The molecule has 5 heteroatoms. The topological polar surface area (TPSA) is 42.0 Å². The predicted octanol–water partition coefficient (Wildman–Crippen LogP) is 7.85. The first-order valence-corrected chi connectivity index (χ1v) is 15.5. The number of rotatable bonds is 12. The van der Waals surface area contributed by atoms with E-state index in [-0.39, 0.29) is 18.1 Å². The second-order valence-electron chi connectivity index (χ2n) is 12.4. The van der Waals surface area contributed by atoms with Gasteiger partial charge in [-0.2, -0.15) is 0 Å². The molecule has 0 spiro atoms. The lowest BCUT2D eigenvalue weighted by Crippen LogP contribution is -2.45. The van der Waals surface area contributed by atoms with Gasteiger partial charge in [-0.15, -0.1) is 0 Å². The molecule has 1 heterocycles. The zero-order valence-electron chi connectivity index (χ0n) is 25.4. The summed E-state index contributed by atoms with van der Waals surface area (Å²) in [6.45, 7) is 13.8. The molecule has 2 aromatic carbocycles. The molecule has 4 rings (SSSR count). The monoisotopic (exact) mass is 546 g/mol. The van der Waals surface area contributed by atoms with Gasteiger partial charge < -0.3 is 14.4 Å². The van der Waals surface area contributed by atoms with Crippen molar-refractivity contribution in [1.29, 1.82) is 0 Å². The van der Waals surface area contributed by atoms with Gasteiger partial charge in [0, 0.05) is 31.2 Å². The van der Waals surface area contributed by atoms with E-state index >= 15 is 0 Å². The molecule has 1 amide bonds. The van der Waals surface area contributed by atoms with Crippen molar-refractivity contribution < 1.29 is 14.3 Å². The highest BCUT2D eigenvalue weighted by atomic mass is 16.5. The Morgan fingerprint density at radius 1 is 0.925 bits per heavy atom. The number of benzene rings is 2. The highest BCUT2D eigenvalue weighted by Crippen LogP contribution is 2.32. The number of hydrogen-bond acceptors (Lipinski definition) is 4. The Hall–Kier alpha value is -2.79. The van der Waals surface area contributed by atoms with E-state index in [1.807, 2.05) is 52.0 Å². The van der Waals surface area contributed by atoms with Crippen molar-refractivity contribution in [2.75, 3.05) is 26.2 Å². The molecular formula is C35H50N2O3. The molecule has 0 bridgehead atoms. The molecule has 2 fully saturated rings. The van der Waals surface area contributed by atoms with E-state index in [0.717, 1.165) is 31.0 Å². The van der Waals surface area contributed by atoms with Gasteiger partial charge in [0.2, 0.25) is 0 Å². The lowest BCUT2D eigenvalue weighted by molar-refractivity contribution is 0.0709. The Kier molecular flexibility index (Phi) is 11.1. The van der Waals surface area contributed by atoms with Crippen molar-refractivity contribution in [1.82, 2.24) is 9.80 Å². The van der Waals surface area contributed by atoms with Crippen LogP contribution in [0.2, 0.25) is 0 Å². The molecule has 0 N–H and O–H groups in total. The number of hydrogen-bond donors (Lipinski definition) is 0. The van der Waals surface area contributed by atoms with Gasteiger partial charge in [0.25, 0.3) is 5.91 Å². The zero-order valence-corrected chi connectivity index (χ0v) is 25.4. The van der Waals surface area contributed by atoms with Crippen LogP contribution >= 0.6 is 0 Å². The average molecular weight is 547 g/mol. The van der Waals surface area contributed by atoms with Crippen molar-refractivity contribution in [3.8, 4) is 11.5 Å². The van der Waals surface area contributed by atoms with Crippen LogP contribution < -0.4 is 9.47 Å². The predicted molar refractivity (Wildman–Crippen MR) is 165 cm³/mol. The van der Waals surface area contributed by atoms with Gasteiger partial charge in [-0.25, -0.2) is 0 Å². The van der Waals surface area contributed by atoms with E-state index in [4.69, 9.17) is 9.47 Å². The van der Waals surface area contributed by atoms with Gasteiger partial charge in [-0.05, 0) is 96.5 Å². The summed E-state index contributed by atoms with van der Waals surface area (Å²) in [7, 11) is 0. The maximum Gasteiger partial charge on any atom is 0.254 e. The zero-order chi connectivity index (χ0) is 28.5. The summed E-state index contributed by atoms with van der Waals surface area (Å²) in [6, 6.07) is 16.4. The molecule has 218 valence electrons. The smallest absolute Gasteiger partial charge is 0.254 e. The SMILES string of the molecule is C/C(=C\c1ccccc1)CN(C[C@@H]1CCCN1CC1CCCCC1)C(=O)c1ccc(OC(C)C)c(OC(C)C)c1. The molecule has 1 aliphatic heterocycles. The first-order valence-electron chi connectivity index (χ1n) is 15.5. The number of carbonyl (C=O) groups is 1. The molecule has 1 aliphatic carbocycles. The molecular weight excluding hydrogens is 496 g/mol. The van der Waals surface area contributed by atoms with Crippen LogP contribution in [0.15, 0.2) is 54.1 Å². The third kappa shape index (κ3) is 8.86. The summed E-state index contributed by atoms with van der Waals surface area (Å²) in [6.07, 6.45) is 11.4. The maximum atomic E-state index is 14.2. The number of nitrogens with zero attached hydrogens (tertiary/aromatic N) is 2. The maximum absolute atomic E-state index is 14.2. The third-order valence-electron chi connectivity index (χ3n) is 8.00. The van der Waals surface area contributed by atoms with Crippen LogP contribution in [0.4, 0.5) is 0 Å². The summed E-state index contributed by atoms with van der Waals surface area (Å²) < 4.78 is 12.1. The summed E-state index contributed by atoms with van der Waals surface area (Å²) >= 11 is 0. The van der Waals surface area contributed by atoms with Gasteiger partial charge in [0.05, 0.1) is 12.2 Å². The van der Waals surface area contributed by atoms with Crippen molar-refractivity contribution in [2.45, 2.75) is 97.8 Å². The Bertz CT molecular complexity index is 1100. The molecule has 1 saturated heterocycles. The fourth-order valence-corrected chi connectivity index (χ4v) is 6.22. The van der Waals surface area contributed by atoms with Crippen molar-refractivity contribution in [2.24, 2.45) is 5.92 Å². The minimum absolute atomic E-state index is 0.0150. The van der Waals surface area contributed by atoms with Gasteiger partial charge in [0.15, 0.2) is 11.5 Å². The van der Waals surface area contributed by atoms with E-state index < -0.39 is 0 Å². The highest BCUT2D eigenvalue weighted by molar-refractivity contribution is 5.95. The van der Waals surface area contributed by atoms with Crippen LogP contribution in [-0.4, -0.2) is 60.1 Å². The van der Waals surface area contributed by atoms with E-state index in [1.165, 1.54) is 50.6 Å². The molecule has 1 saturated carbocycles. The molecule has 40 heavy (non-hydrogen) atoms. The Labute approximate surface area is 242 Å². The van der Waals surface area contributed by atoms with E-state index in [2.05, 4.69) is 47.1 Å². The highest BCUT2D eigenvalue weighted by Gasteiger charge is 2.31. The van der Waals surface area contributed by atoms with Crippen LogP contribution in [-0.2, 0) is 0 Å². The Morgan fingerprint density at radius 3 is 2.33 bits per heavy atom. The molecule has 2 aromatic rings. The summed E-state index contributed by atoms with van der Waals surface area (Å²) in [5.41, 5.74) is 2.99. The van der Waals surface area contributed by atoms with Crippen LogP contribution in [0.3, 0.4) is 0 Å². The van der Waals surface area contributed by atoms with Gasteiger partial charge in [-0.3, -0.25) is 9.69 Å². The van der Waals surface area contributed by atoms with Gasteiger partial charge in [0.1, 0.15) is 0 Å². The molecule has 0 radical (unpaired) electrons. The van der Waals surface area contributed by atoms with E-state index in [9.17, 15) is 4.79 Å². The number of ether oxygens (including phenoxy) is 2. The van der Waals surface area contributed by atoms with Crippen molar-refractivity contribution in [3.63, 3.8) is 0 Å². The van der Waals surface area contributed by atoms with Crippen molar-refractivity contribution >= 4 is 12.0 Å². The van der Waals surface area contributed by atoms with E-state index in [0.29, 0.717) is 29.6 Å². The van der Waals surface area contributed by atoms with Gasteiger partial charge in [-0.1, -0.05) is 61.2 Å². The van der Waals surface area contributed by atoms with Crippen LogP contribution in [0.1, 0.15) is 95.5 Å². The largest absolute Gasteiger partial charge is 0.487 e. The first kappa shape index (κ1) is 30.2. The fraction of sp³-hybridized carbons (Fsp3) is 0.571. The summed E-state index contributed by atoms with van der Waals surface area (Å²) in [4.78, 5) is 18.9. The average Bonchev–Trinajstić information content (AvgIpc) is 3.35. The minimum Gasteiger partial charge on any atom is -0.487 e. The van der Waals surface area contributed by atoms with Crippen molar-refractivity contribution in [3.05, 3.63) is 65.2 Å². The molecule has 0 aromatic heterocycles. The lowest BCUT2D eigenvalue weighted by atomic mass is 9.89. The number of likely N-dealkylation sites (tertiary alicyclic amines) is 1. The molecule has 0 unspecified atom stereocenters. The van der Waals surface area contributed by atoms with Crippen LogP contribution in [0, 0.1) is 5.92 Å². The second-order valence-corrected chi connectivity index (χ2v) is 12.4. The van der Waals surface area contributed by atoms with Gasteiger partial charge >= 0.3 is 0 Å². The van der Waals surface area contributed by atoms with Crippen LogP contribution in [0.25, 0.3) is 6.08 Å². The third-order valence-corrected chi connectivity index (χ3v) is 8.00. The standard InChI is InChI=1S/C35H50N2O3/c1-26(2)39-33-19-18-31(22-34(33)40-27(3)4)35(38)37(23-28(5)21-29-13-8-6-9-14-29)25-32-17-12-20-36(32)24-30-15-10-7-11-16-30/h6,8-9,13-14,18-19,21-22,26-27,30,32H,7,10-12,15-17,20,23-25H2,1-5H3/b28-21+/t32-/m0/s1.